The van der Waals surface area contributed by atoms with Crippen molar-refractivity contribution in [3.05, 3.63) is 118 Å². The third-order valence-electron chi connectivity index (χ3n) is 6.85. The average Bonchev–Trinajstić information content (AvgIpc) is 2.99. The Hall–Kier alpha value is -5.31. The van der Waals surface area contributed by atoms with E-state index in [1.54, 1.807) is 55.8 Å². The number of rotatable bonds is 9. The third-order valence-corrected chi connectivity index (χ3v) is 6.85. The molecular weight excluding hydrogens is 547 g/mol. The Morgan fingerprint density at radius 3 is 2.60 bits per heavy atom. The van der Waals surface area contributed by atoms with Crippen LogP contribution in [0.5, 0.6) is 11.5 Å². The molecular formula is C34H31FN4O4. The summed E-state index contributed by atoms with van der Waals surface area (Å²) in [5.41, 5.74) is 3.90. The summed E-state index contributed by atoms with van der Waals surface area (Å²) in [5, 5.41) is 7.62. The van der Waals surface area contributed by atoms with Crippen LogP contribution in [0.3, 0.4) is 0 Å². The number of fused-ring (bicyclic) bond motifs is 1. The number of carbonyl (C=O) groups is 1. The standard InChI is InChI=1S/C34H31FN4O4/c1-21(2)28-18-29(22(3)15-31(28)42-4)33-38-30-14-6-5-13-27(30)34(41)39(33)36-19-23-9-7-12-26(16-23)43-20-32(40)37-25-11-8-10-24(35)17-25/h5-19,21H,20H2,1-4H3,(H,37,40). The zero-order chi connectivity index (χ0) is 30.5. The van der Waals surface area contributed by atoms with E-state index < -0.39 is 11.7 Å². The lowest BCUT2D eigenvalue weighted by Gasteiger charge is -2.17. The molecule has 0 unspecified atom stereocenters. The first-order valence-corrected chi connectivity index (χ1v) is 13.8. The van der Waals surface area contributed by atoms with Crippen molar-refractivity contribution < 1.29 is 18.7 Å². The number of hydrogen-bond donors (Lipinski definition) is 1. The number of para-hydroxylation sites is 1. The maximum absolute atomic E-state index is 13.7. The van der Waals surface area contributed by atoms with Crippen LogP contribution < -0.4 is 20.3 Å². The molecule has 1 amide bonds. The molecule has 0 aliphatic rings. The molecule has 0 saturated heterocycles. The van der Waals surface area contributed by atoms with Crippen LogP contribution >= 0.6 is 0 Å². The second-order valence-electron chi connectivity index (χ2n) is 10.3. The van der Waals surface area contributed by atoms with Gasteiger partial charge in [-0.05, 0) is 84.1 Å². The zero-order valence-corrected chi connectivity index (χ0v) is 24.3. The summed E-state index contributed by atoms with van der Waals surface area (Å²) in [5.74, 6) is 0.905. The van der Waals surface area contributed by atoms with E-state index in [-0.39, 0.29) is 18.1 Å². The number of aryl methyl sites for hydroxylation is 1. The summed E-state index contributed by atoms with van der Waals surface area (Å²) >= 11 is 0. The van der Waals surface area contributed by atoms with Gasteiger partial charge in [0, 0.05) is 11.3 Å². The topological polar surface area (TPSA) is 94.8 Å². The summed E-state index contributed by atoms with van der Waals surface area (Å²) in [6.45, 7) is 5.83. The molecule has 9 heteroatoms. The van der Waals surface area contributed by atoms with Crippen molar-refractivity contribution in [1.82, 2.24) is 9.66 Å². The number of hydrogen-bond acceptors (Lipinski definition) is 6. The molecule has 0 radical (unpaired) electrons. The minimum Gasteiger partial charge on any atom is -0.496 e. The van der Waals surface area contributed by atoms with Gasteiger partial charge in [-0.3, -0.25) is 9.59 Å². The van der Waals surface area contributed by atoms with Crippen LogP contribution in [0.15, 0.2) is 94.8 Å². The predicted molar refractivity (Wildman–Crippen MR) is 167 cm³/mol. The van der Waals surface area contributed by atoms with Crippen LogP contribution in [-0.4, -0.2) is 35.5 Å². The van der Waals surface area contributed by atoms with Crippen LogP contribution in [0.4, 0.5) is 10.1 Å². The number of ether oxygens (including phenoxy) is 2. The van der Waals surface area contributed by atoms with E-state index in [0.717, 1.165) is 22.4 Å². The molecule has 0 bridgehead atoms. The minimum atomic E-state index is -0.447. The third kappa shape index (κ3) is 6.62. The van der Waals surface area contributed by atoms with Gasteiger partial charge in [0.05, 0.1) is 24.2 Å². The molecule has 0 fully saturated rings. The summed E-state index contributed by atoms with van der Waals surface area (Å²) in [6.07, 6.45) is 1.54. The number of aromatic nitrogens is 2. The molecule has 1 aromatic heterocycles. The molecule has 1 N–H and O–H groups in total. The number of carbonyl (C=O) groups excluding carboxylic acids is 1. The fourth-order valence-corrected chi connectivity index (χ4v) is 4.69. The van der Waals surface area contributed by atoms with Gasteiger partial charge >= 0.3 is 0 Å². The summed E-state index contributed by atoms with van der Waals surface area (Å²) < 4.78 is 26.0. The average molecular weight is 579 g/mol. The predicted octanol–water partition coefficient (Wildman–Crippen LogP) is 6.54. The van der Waals surface area contributed by atoms with Gasteiger partial charge in [-0.1, -0.05) is 44.2 Å². The first-order chi connectivity index (χ1) is 20.7. The molecule has 0 aliphatic heterocycles. The Kier molecular flexibility index (Phi) is 8.61. The summed E-state index contributed by atoms with van der Waals surface area (Å²) in [7, 11) is 1.64. The minimum absolute atomic E-state index is 0.178. The van der Waals surface area contributed by atoms with Crippen molar-refractivity contribution >= 4 is 28.7 Å². The van der Waals surface area contributed by atoms with Crippen molar-refractivity contribution in [3.63, 3.8) is 0 Å². The molecule has 0 aliphatic carbocycles. The van der Waals surface area contributed by atoms with Crippen molar-refractivity contribution in [2.24, 2.45) is 5.10 Å². The van der Waals surface area contributed by atoms with Crippen molar-refractivity contribution in [1.29, 1.82) is 0 Å². The van der Waals surface area contributed by atoms with Gasteiger partial charge in [-0.15, -0.1) is 0 Å². The van der Waals surface area contributed by atoms with Gasteiger partial charge in [0.1, 0.15) is 17.3 Å². The monoisotopic (exact) mass is 578 g/mol. The Morgan fingerprint density at radius 2 is 1.84 bits per heavy atom. The van der Waals surface area contributed by atoms with Gasteiger partial charge in [0.25, 0.3) is 11.5 Å². The Labute approximate surface area is 248 Å². The van der Waals surface area contributed by atoms with E-state index in [4.69, 9.17) is 14.5 Å². The van der Waals surface area contributed by atoms with Gasteiger partial charge < -0.3 is 14.8 Å². The first-order valence-electron chi connectivity index (χ1n) is 13.8. The smallest absolute Gasteiger partial charge is 0.282 e. The van der Waals surface area contributed by atoms with Crippen molar-refractivity contribution in [3.8, 4) is 22.9 Å². The highest BCUT2D eigenvalue weighted by Crippen LogP contribution is 2.34. The molecule has 5 aromatic rings. The second kappa shape index (κ2) is 12.7. The molecule has 8 nitrogen and oxygen atoms in total. The lowest BCUT2D eigenvalue weighted by Crippen LogP contribution is -2.21. The highest BCUT2D eigenvalue weighted by atomic mass is 19.1. The zero-order valence-electron chi connectivity index (χ0n) is 24.3. The Morgan fingerprint density at radius 1 is 1.05 bits per heavy atom. The Bertz CT molecular complexity index is 1900. The summed E-state index contributed by atoms with van der Waals surface area (Å²) in [4.78, 5) is 30.9. The number of methoxy groups -OCH3 is 1. The van der Waals surface area contributed by atoms with E-state index in [0.29, 0.717) is 33.7 Å². The molecule has 0 spiro atoms. The fourth-order valence-electron chi connectivity index (χ4n) is 4.69. The number of nitrogens with one attached hydrogen (secondary N) is 1. The quantitative estimate of drug-likeness (QED) is 0.200. The normalized spacial score (nSPS) is 11.3. The molecule has 5 rings (SSSR count). The number of benzene rings is 4. The first kappa shape index (κ1) is 29.2. The van der Waals surface area contributed by atoms with E-state index in [2.05, 4.69) is 24.3 Å². The molecule has 0 saturated carbocycles. The Balaban J connectivity index is 1.47. The van der Waals surface area contributed by atoms with Gasteiger partial charge in [-0.2, -0.15) is 9.78 Å². The molecule has 218 valence electrons. The van der Waals surface area contributed by atoms with Crippen molar-refractivity contribution in [2.75, 3.05) is 19.0 Å². The fraction of sp³-hybridized carbons (Fsp3) is 0.176. The largest absolute Gasteiger partial charge is 0.496 e. The molecule has 1 heterocycles. The van der Waals surface area contributed by atoms with Crippen LogP contribution in [-0.2, 0) is 4.79 Å². The number of nitrogens with zero attached hydrogens (tertiary/aromatic N) is 3. The van der Waals surface area contributed by atoms with Gasteiger partial charge in [0.2, 0.25) is 0 Å². The van der Waals surface area contributed by atoms with Crippen LogP contribution in [0.2, 0.25) is 0 Å². The highest BCUT2D eigenvalue weighted by molar-refractivity contribution is 5.92. The lowest BCUT2D eigenvalue weighted by molar-refractivity contribution is -0.118. The number of anilines is 1. The van der Waals surface area contributed by atoms with Crippen LogP contribution in [0.1, 0.15) is 36.5 Å². The molecule has 0 atom stereocenters. The van der Waals surface area contributed by atoms with Crippen LogP contribution in [0, 0.1) is 12.7 Å². The maximum atomic E-state index is 13.7. The summed E-state index contributed by atoms with van der Waals surface area (Å²) in [6, 6.07) is 23.7. The van der Waals surface area contributed by atoms with E-state index in [1.807, 2.05) is 31.2 Å². The highest BCUT2D eigenvalue weighted by Gasteiger charge is 2.18. The van der Waals surface area contributed by atoms with Gasteiger partial charge in [0.15, 0.2) is 12.4 Å². The van der Waals surface area contributed by atoms with E-state index >= 15 is 0 Å². The SMILES string of the molecule is COc1cc(C)c(-c2nc3ccccc3c(=O)n2N=Cc2cccc(OCC(=O)Nc3cccc(F)c3)c2)cc1C(C)C. The molecule has 43 heavy (non-hydrogen) atoms. The number of halogens is 1. The molecule has 4 aromatic carbocycles. The van der Waals surface area contributed by atoms with Crippen LogP contribution in [0.25, 0.3) is 22.3 Å². The van der Waals surface area contributed by atoms with E-state index in [1.165, 1.54) is 22.9 Å². The maximum Gasteiger partial charge on any atom is 0.282 e. The van der Waals surface area contributed by atoms with Gasteiger partial charge in [-0.25, -0.2) is 9.37 Å². The second-order valence-corrected chi connectivity index (χ2v) is 10.3. The van der Waals surface area contributed by atoms with Crippen molar-refractivity contribution in [2.45, 2.75) is 26.7 Å². The lowest BCUT2D eigenvalue weighted by atomic mass is 9.96. The van der Waals surface area contributed by atoms with E-state index in [9.17, 15) is 14.0 Å². The number of amides is 1.